The highest BCUT2D eigenvalue weighted by atomic mass is 32.1. The Labute approximate surface area is 191 Å². The van der Waals surface area contributed by atoms with Gasteiger partial charge in [-0.2, -0.15) is 0 Å². The maximum absolute atomic E-state index is 13.3. The number of ether oxygens (including phenoxy) is 1. The van der Waals surface area contributed by atoms with Gasteiger partial charge in [0.1, 0.15) is 0 Å². The van der Waals surface area contributed by atoms with Gasteiger partial charge in [-0.25, -0.2) is 9.78 Å². The molecule has 0 aliphatic carbocycles. The van der Waals surface area contributed by atoms with Gasteiger partial charge >= 0.3 is 5.97 Å². The average molecular weight is 445 g/mol. The number of carbonyl (C=O) groups excluding carboxylic acids is 2. The third kappa shape index (κ3) is 5.03. The Kier molecular flexibility index (Phi) is 6.92. The number of carbonyl (C=O) groups is 2. The van der Waals surface area contributed by atoms with Crippen molar-refractivity contribution in [3.8, 4) is 0 Å². The van der Waals surface area contributed by atoms with E-state index in [2.05, 4.69) is 10.3 Å². The van der Waals surface area contributed by atoms with Gasteiger partial charge in [-0.3, -0.25) is 4.79 Å². The van der Waals surface area contributed by atoms with E-state index in [-0.39, 0.29) is 11.9 Å². The minimum Gasteiger partial charge on any atom is -0.462 e. The molecule has 1 N–H and O–H groups in total. The molecule has 6 heteroatoms. The van der Waals surface area contributed by atoms with E-state index in [0.29, 0.717) is 17.3 Å². The first-order valence-electron chi connectivity index (χ1n) is 10.6. The molecule has 1 aromatic heterocycles. The summed E-state index contributed by atoms with van der Waals surface area (Å²) in [5.74, 6) is -0.943. The fourth-order valence-electron chi connectivity index (χ4n) is 3.46. The van der Waals surface area contributed by atoms with Gasteiger partial charge in [-0.15, -0.1) is 0 Å². The quantitative estimate of drug-likeness (QED) is 0.266. The summed E-state index contributed by atoms with van der Waals surface area (Å²) >= 11 is 1.34. The molecule has 0 aliphatic heterocycles. The van der Waals surface area contributed by atoms with Crippen LogP contribution >= 0.6 is 11.3 Å². The molecule has 0 radical (unpaired) electrons. The zero-order valence-electron chi connectivity index (χ0n) is 17.8. The van der Waals surface area contributed by atoms with Gasteiger partial charge in [0, 0.05) is 0 Å². The average Bonchev–Trinajstić information content (AvgIpc) is 3.22. The molecule has 1 amide bonds. The monoisotopic (exact) mass is 444 g/mol. The highest BCUT2D eigenvalue weighted by Gasteiger charge is 2.23. The summed E-state index contributed by atoms with van der Waals surface area (Å²) in [4.78, 5) is 30.1. The second kappa shape index (κ2) is 10.2. The maximum Gasteiger partial charge on any atom is 0.338 e. The van der Waals surface area contributed by atoms with Crippen molar-refractivity contribution in [2.45, 2.75) is 25.7 Å². The highest BCUT2D eigenvalue weighted by Crippen LogP contribution is 2.30. The number of rotatable bonds is 8. The first-order valence-corrected chi connectivity index (χ1v) is 11.5. The van der Waals surface area contributed by atoms with Gasteiger partial charge < -0.3 is 10.1 Å². The minimum atomic E-state index is -0.450. The van der Waals surface area contributed by atoms with Crippen molar-refractivity contribution in [3.63, 3.8) is 0 Å². The summed E-state index contributed by atoms with van der Waals surface area (Å²) in [5, 5.41) is 3.47. The van der Waals surface area contributed by atoms with E-state index in [1.54, 1.807) is 18.2 Å². The first kappa shape index (κ1) is 21.7. The molecule has 32 heavy (non-hydrogen) atoms. The molecule has 0 spiro atoms. The third-order valence-corrected chi connectivity index (χ3v) is 6.05. The molecule has 0 fully saturated rings. The number of hydrogen-bond donors (Lipinski definition) is 1. The fourth-order valence-corrected chi connectivity index (χ4v) is 4.37. The largest absolute Gasteiger partial charge is 0.462 e. The van der Waals surface area contributed by atoms with Gasteiger partial charge in [0.05, 0.1) is 28.3 Å². The van der Waals surface area contributed by atoms with Crippen LogP contribution in [-0.2, 0) is 9.53 Å². The molecule has 5 nitrogen and oxygen atoms in total. The van der Waals surface area contributed by atoms with Gasteiger partial charge in [0.25, 0.3) is 0 Å². The lowest BCUT2D eigenvalue weighted by Crippen LogP contribution is -2.22. The van der Waals surface area contributed by atoms with Gasteiger partial charge in [0.15, 0.2) is 5.13 Å². The summed E-state index contributed by atoms with van der Waals surface area (Å²) in [6.07, 6.45) is 1.81. The number of hydrogen-bond acceptors (Lipinski definition) is 5. The summed E-state index contributed by atoms with van der Waals surface area (Å²) in [7, 11) is 0. The van der Waals surface area contributed by atoms with Crippen molar-refractivity contribution in [1.82, 2.24) is 4.98 Å². The zero-order chi connectivity index (χ0) is 22.3. The van der Waals surface area contributed by atoms with Gasteiger partial charge in [-0.1, -0.05) is 85.3 Å². The van der Waals surface area contributed by atoms with Crippen molar-refractivity contribution in [3.05, 3.63) is 95.6 Å². The van der Waals surface area contributed by atoms with E-state index in [9.17, 15) is 9.59 Å². The second-order valence-electron chi connectivity index (χ2n) is 7.43. The van der Waals surface area contributed by atoms with Crippen LogP contribution in [-0.4, -0.2) is 23.5 Å². The predicted octanol–water partition coefficient (Wildman–Crippen LogP) is 6.02. The number of thiazole rings is 1. The lowest BCUT2D eigenvalue weighted by Gasteiger charge is -2.16. The Morgan fingerprint density at radius 2 is 1.62 bits per heavy atom. The molecule has 3 aromatic carbocycles. The van der Waals surface area contributed by atoms with Crippen molar-refractivity contribution in [2.75, 3.05) is 11.9 Å². The first-order chi connectivity index (χ1) is 15.7. The molecule has 1 heterocycles. The van der Waals surface area contributed by atoms with Crippen LogP contribution < -0.4 is 5.32 Å². The van der Waals surface area contributed by atoms with E-state index < -0.39 is 5.92 Å². The van der Waals surface area contributed by atoms with Crippen LogP contribution in [0.5, 0.6) is 0 Å². The number of esters is 1. The molecule has 0 bridgehead atoms. The molecule has 162 valence electrons. The second-order valence-corrected chi connectivity index (χ2v) is 8.47. The van der Waals surface area contributed by atoms with Crippen LogP contribution in [0.3, 0.4) is 0 Å². The zero-order valence-corrected chi connectivity index (χ0v) is 18.6. The number of aromatic nitrogens is 1. The molecule has 0 saturated carbocycles. The summed E-state index contributed by atoms with van der Waals surface area (Å²) in [5.41, 5.74) is 3.04. The number of anilines is 1. The number of nitrogens with one attached hydrogen (secondary N) is 1. The Morgan fingerprint density at radius 3 is 2.25 bits per heavy atom. The molecular weight excluding hydrogens is 420 g/mol. The van der Waals surface area contributed by atoms with E-state index in [0.717, 1.165) is 34.2 Å². The van der Waals surface area contributed by atoms with Crippen LogP contribution in [0.4, 0.5) is 5.13 Å². The number of fused-ring (bicyclic) bond motifs is 1. The standard InChI is InChI=1S/C26H24N2O3S/c1-2-3-16-31-25(30)20-14-15-21-22(17-20)32-26(27-21)28-24(29)23(18-10-6-4-7-11-18)19-12-8-5-9-13-19/h4-15,17,23H,2-3,16H2,1H3,(H,27,28,29). The van der Waals surface area contributed by atoms with Crippen LogP contribution in [0, 0.1) is 0 Å². The number of amides is 1. The Morgan fingerprint density at radius 1 is 0.969 bits per heavy atom. The van der Waals surface area contributed by atoms with Crippen LogP contribution in [0.1, 0.15) is 47.2 Å². The van der Waals surface area contributed by atoms with Crippen LogP contribution in [0.2, 0.25) is 0 Å². The predicted molar refractivity (Wildman–Crippen MR) is 128 cm³/mol. The topological polar surface area (TPSA) is 68.3 Å². The van der Waals surface area contributed by atoms with Crippen molar-refractivity contribution >= 4 is 38.6 Å². The van der Waals surface area contributed by atoms with Crippen molar-refractivity contribution in [1.29, 1.82) is 0 Å². The van der Waals surface area contributed by atoms with Crippen molar-refractivity contribution in [2.24, 2.45) is 0 Å². The molecule has 0 unspecified atom stereocenters. The van der Waals surface area contributed by atoms with E-state index in [1.165, 1.54) is 11.3 Å². The Bertz CT molecular complexity index is 1170. The summed E-state index contributed by atoms with van der Waals surface area (Å²) in [6, 6.07) is 24.6. The van der Waals surface area contributed by atoms with E-state index >= 15 is 0 Å². The van der Waals surface area contributed by atoms with Crippen molar-refractivity contribution < 1.29 is 14.3 Å². The summed E-state index contributed by atoms with van der Waals surface area (Å²) in [6.45, 7) is 2.46. The number of benzene rings is 3. The van der Waals surface area contributed by atoms with Gasteiger partial charge in [0.2, 0.25) is 5.91 Å². The summed E-state index contributed by atoms with van der Waals surface area (Å²) < 4.78 is 6.11. The van der Waals surface area contributed by atoms with Crippen LogP contribution in [0.25, 0.3) is 10.2 Å². The normalized spacial score (nSPS) is 10.9. The van der Waals surface area contributed by atoms with Gasteiger partial charge in [-0.05, 0) is 35.7 Å². The van der Waals surface area contributed by atoms with Crippen LogP contribution in [0.15, 0.2) is 78.9 Å². The molecule has 0 atom stereocenters. The minimum absolute atomic E-state index is 0.152. The maximum atomic E-state index is 13.3. The fraction of sp³-hybridized carbons (Fsp3) is 0.192. The van der Waals surface area contributed by atoms with E-state index in [1.807, 2.05) is 67.6 Å². The highest BCUT2D eigenvalue weighted by molar-refractivity contribution is 7.22. The number of nitrogens with zero attached hydrogens (tertiary/aromatic N) is 1. The molecule has 0 saturated heterocycles. The molecular formula is C26H24N2O3S. The van der Waals surface area contributed by atoms with E-state index in [4.69, 9.17) is 4.74 Å². The molecule has 0 aliphatic rings. The smallest absolute Gasteiger partial charge is 0.338 e. The lowest BCUT2D eigenvalue weighted by molar-refractivity contribution is -0.116. The third-order valence-electron chi connectivity index (χ3n) is 5.11. The Balaban J connectivity index is 1.56. The number of unbranched alkanes of at least 4 members (excludes halogenated alkanes) is 1. The molecule has 4 aromatic rings. The Hall–Kier alpha value is -3.51. The SMILES string of the molecule is CCCCOC(=O)c1ccc2nc(NC(=O)C(c3ccccc3)c3ccccc3)sc2c1. The molecule has 4 rings (SSSR count). The lowest BCUT2D eigenvalue weighted by atomic mass is 9.90.